The number of carbonyl (C=O) groups excluding carboxylic acids is 2. The van der Waals surface area contributed by atoms with Crippen LogP contribution in [0.4, 0.5) is 0 Å². The van der Waals surface area contributed by atoms with Crippen molar-refractivity contribution < 1.29 is 24.6 Å². The summed E-state index contributed by atoms with van der Waals surface area (Å²) < 4.78 is 0. The molecule has 15 heavy (non-hydrogen) atoms. The van der Waals surface area contributed by atoms with Crippen molar-refractivity contribution in [2.75, 3.05) is 6.61 Å². The van der Waals surface area contributed by atoms with Gasteiger partial charge in [0.1, 0.15) is 12.3 Å². The van der Waals surface area contributed by atoms with Crippen molar-refractivity contribution in [2.24, 2.45) is 0 Å². The minimum atomic E-state index is -1.27. The number of amides is 1. The maximum atomic E-state index is 11.1. The van der Waals surface area contributed by atoms with Gasteiger partial charge in [-0.15, -0.1) is 0 Å². The molecule has 1 atom stereocenters. The average Bonchev–Trinajstić information content (AvgIpc) is 2.20. The SMILES string of the molecule is O=CCCCCC(=O)N[C@@H](CO)C(=O)O. The lowest BCUT2D eigenvalue weighted by Crippen LogP contribution is -2.43. The van der Waals surface area contributed by atoms with E-state index in [2.05, 4.69) is 5.32 Å². The van der Waals surface area contributed by atoms with E-state index >= 15 is 0 Å². The normalized spacial score (nSPS) is 11.8. The van der Waals surface area contributed by atoms with Crippen LogP contribution in [0.5, 0.6) is 0 Å². The number of nitrogens with one attached hydrogen (secondary N) is 1. The first-order chi connectivity index (χ1) is 7.11. The third kappa shape index (κ3) is 6.62. The van der Waals surface area contributed by atoms with Crippen LogP contribution >= 0.6 is 0 Å². The van der Waals surface area contributed by atoms with E-state index in [0.717, 1.165) is 6.29 Å². The highest BCUT2D eigenvalue weighted by atomic mass is 16.4. The van der Waals surface area contributed by atoms with Crippen LogP contribution in [0.25, 0.3) is 0 Å². The van der Waals surface area contributed by atoms with Crippen molar-refractivity contribution in [1.82, 2.24) is 5.32 Å². The zero-order chi connectivity index (χ0) is 11.7. The molecular weight excluding hydrogens is 202 g/mol. The summed E-state index contributed by atoms with van der Waals surface area (Å²) in [6.07, 6.45) is 2.47. The number of unbranched alkanes of at least 4 members (excludes halogenated alkanes) is 2. The molecule has 0 unspecified atom stereocenters. The molecule has 0 fully saturated rings. The smallest absolute Gasteiger partial charge is 0.328 e. The highest BCUT2D eigenvalue weighted by Gasteiger charge is 2.17. The van der Waals surface area contributed by atoms with Gasteiger partial charge in [0.2, 0.25) is 5.91 Å². The second-order valence-corrected chi connectivity index (χ2v) is 3.05. The first-order valence-corrected chi connectivity index (χ1v) is 4.68. The molecule has 0 bridgehead atoms. The van der Waals surface area contributed by atoms with Crippen LogP contribution in [0.2, 0.25) is 0 Å². The summed E-state index contributed by atoms with van der Waals surface area (Å²) in [4.78, 5) is 31.5. The van der Waals surface area contributed by atoms with Gasteiger partial charge in [0.15, 0.2) is 0 Å². The van der Waals surface area contributed by atoms with Gasteiger partial charge in [-0.05, 0) is 12.8 Å². The van der Waals surface area contributed by atoms with Gasteiger partial charge in [0, 0.05) is 12.8 Å². The Labute approximate surface area is 87.3 Å². The van der Waals surface area contributed by atoms with Crippen LogP contribution in [-0.4, -0.2) is 41.0 Å². The lowest BCUT2D eigenvalue weighted by Gasteiger charge is -2.10. The van der Waals surface area contributed by atoms with Crippen LogP contribution in [0.15, 0.2) is 0 Å². The van der Waals surface area contributed by atoms with E-state index in [4.69, 9.17) is 10.2 Å². The van der Waals surface area contributed by atoms with Gasteiger partial charge in [-0.3, -0.25) is 4.79 Å². The topological polar surface area (TPSA) is 104 Å². The van der Waals surface area contributed by atoms with Gasteiger partial charge in [-0.2, -0.15) is 0 Å². The summed E-state index contributed by atoms with van der Waals surface area (Å²) in [7, 11) is 0. The second kappa shape index (κ2) is 7.93. The van der Waals surface area contributed by atoms with E-state index in [1.165, 1.54) is 0 Å². The van der Waals surface area contributed by atoms with Gasteiger partial charge in [-0.25, -0.2) is 4.79 Å². The molecule has 0 aromatic carbocycles. The number of aliphatic hydroxyl groups excluding tert-OH is 1. The van der Waals surface area contributed by atoms with Crippen molar-refractivity contribution in [3.63, 3.8) is 0 Å². The Bertz CT molecular complexity index is 229. The lowest BCUT2D eigenvalue weighted by atomic mass is 10.2. The first-order valence-electron chi connectivity index (χ1n) is 4.68. The molecule has 1 amide bonds. The Balaban J connectivity index is 3.71. The van der Waals surface area contributed by atoms with E-state index < -0.39 is 24.5 Å². The lowest BCUT2D eigenvalue weighted by molar-refractivity contribution is -0.142. The predicted octanol–water partition coefficient (Wildman–Crippen LogP) is -0.693. The third-order valence-electron chi connectivity index (χ3n) is 1.79. The summed E-state index contributed by atoms with van der Waals surface area (Å²) in [6, 6.07) is -1.25. The molecule has 0 saturated heterocycles. The average molecular weight is 217 g/mol. The third-order valence-corrected chi connectivity index (χ3v) is 1.79. The predicted molar refractivity (Wildman–Crippen MR) is 51.2 cm³/mol. The molecular formula is C9H15NO5. The minimum absolute atomic E-state index is 0.164. The van der Waals surface area contributed by atoms with Gasteiger partial charge >= 0.3 is 5.97 Å². The molecule has 0 aromatic heterocycles. The van der Waals surface area contributed by atoms with Crippen LogP contribution < -0.4 is 5.32 Å². The Morgan fingerprint density at radius 1 is 1.33 bits per heavy atom. The number of aliphatic hydroxyl groups is 1. The summed E-state index contributed by atoms with van der Waals surface area (Å²) in [5.41, 5.74) is 0. The highest BCUT2D eigenvalue weighted by Crippen LogP contribution is 1.98. The molecule has 0 aliphatic rings. The maximum absolute atomic E-state index is 11.1. The fraction of sp³-hybridized carbons (Fsp3) is 0.667. The number of aldehydes is 1. The number of carbonyl (C=O) groups is 3. The molecule has 0 aromatic rings. The second-order valence-electron chi connectivity index (χ2n) is 3.05. The summed E-state index contributed by atoms with van der Waals surface area (Å²) in [5.74, 6) is -1.69. The van der Waals surface area contributed by atoms with Gasteiger partial charge < -0.3 is 20.3 Å². The van der Waals surface area contributed by atoms with Gasteiger partial charge in [0.05, 0.1) is 6.61 Å². The number of aliphatic carboxylic acids is 1. The Morgan fingerprint density at radius 2 is 2.00 bits per heavy atom. The fourth-order valence-corrected chi connectivity index (χ4v) is 0.965. The van der Waals surface area contributed by atoms with Crippen LogP contribution in [0.1, 0.15) is 25.7 Å². The number of carboxylic acid groups (broad SMARTS) is 1. The Morgan fingerprint density at radius 3 is 2.47 bits per heavy atom. The molecule has 0 aliphatic heterocycles. The van der Waals surface area contributed by atoms with E-state index in [-0.39, 0.29) is 6.42 Å². The van der Waals surface area contributed by atoms with Crippen molar-refractivity contribution in [1.29, 1.82) is 0 Å². The van der Waals surface area contributed by atoms with Crippen molar-refractivity contribution in [2.45, 2.75) is 31.7 Å². The van der Waals surface area contributed by atoms with E-state index in [0.29, 0.717) is 19.3 Å². The van der Waals surface area contributed by atoms with E-state index in [9.17, 15) is 14.4 Å². The molecule has 86 valence electrons. The fourth-order valence-electron chi connectivity index (χ4n) is 0.965. The van der Waals surface area contributed by atoms with Gasteiger partial charge in [-0.1, -0.05) is 0 Å². The monoisotopic (exact) mass is 217 g/mol. The number of carboxylic acids is 1. The van der Waals surface area contributed by atoms with Crippen LogP contribution in [0.3, 0.4) is 0 Å². The maximum Gasteiger partial charge on any atom is 0.328 e. The molecule has 3 N–H and O–H groups in total. The largest absolute Gasteiger partial charge is 0.480 e. The molecule has 0 spiro atoms. The Hall–Kier alpha value is -1.43. The molecule has 0 aliphatic carbocycles. The molecule has 6 nitrogen and oxygen atoms in total. The quantitative estimate of drug-likeness (QED) is 0.368. The standard InChI is InChI=1S/C9H15NO5/c11-5-3-1-2-4-8(13)10-7(6-12)9(14)15/h5,7,12H,1-4,6H2,(H,10,13)(H,14,15)/t7-/m0/s1. The number of hydrogen-bond donors (Lipinski definition) is 3. The zero-order valence-electron chi connectivity index (χ0n) is 8.31. The van der Waals surface area contributed by atoms with Crippen molar-refractivity contribution in [3.05, 3.63) is 0 Å². The summed E-state index contributed by atoms with van der Waals surface area (Å²) >= 11 is 0. The number of rotatable bonds is 8. The van der Waals surface area contributed by atoms with Crippen LogP contribution in [-0.2, 0) is 14.4 Å². The van der Waals surface area contributed by atoms with Crippen molar-refractivity contribution >= 4 is 18.2 Å². The molecule has 6 heteroatoms. The van der Waals surface area contributed by atoms with E-state index in [1.54, 1.807) is 0 Å². The summed E-state index contributed by atoms with van der Waals surface area (Å²) in [5, 5.41) is 19.3. The highest BCUT2D eigenvalue weighted by molar-refractivity contribution is 5.83. The molecule has 0 saturated carbocycles. The molecule has 0 rings (SSSR count). The number of hydrogen-bond acceptors (Lipinski definition) is 4. The first kappa shape index (κ1) is 13.6. The molecule has 0 heterocycles. The molecule has 0 radical (unpaired) electrons. The summed E-state index contributed by atoms with van der Waals surface area (Å²) in [6.45, 7) is -0.630. The van der Waals surface area contributed by atoms with Crippen molar-refractivity contribution in [3.8, 4) is 0 Å². The Kier molecular flexibility index (Phi) is 7.17. The van der Waals surface area contributed by atoms with Gasteiger partial charge in [0.25, 0.3) is 0 Å². The van der Waals surface area contributed by atoms with Crippen LogP contribution in [0, 0.1) is 0 Å². The van der Waals surface area contributed by atoms with E-state index in [1.807, 2.05) is 0 Å². The minimum Gasteiger partial charge on any atom is -0.480 e. The zero-order valence-corrected chi connectivity index (χ0v) is 8.31.